The number of hydrogen-bond donors (Lipinski definition) is 0. The van der Waals surface area contributed by atoms with E-state index in [1.165, 1.54) is 0 Å². The topological polar surface area (TPSA) is 57.1 Å². The zero-order chi connectivity index (χ0) is 18.4. The Labute approximate surface area is 151 Å². The van der Waals surface area contributed by atoms with E-state index in [0.717, 1.165) is 11.1 Å². The van der Waals surface area contributed by atoms with Gasteiger partial charge < -0.3 is 14.3 Å². The van der Waals surface area contributed by atoms with Gasteiger partial charge in [-0.1, -0.05) is 47.5 Å². The van der Waals surface area contributed by atoms with Crippen LogP contribution in [0.5, 0.6) is 11.5 Å². The minimum atomic E-state index is -0.491. The molecule has 0 saturated carbocycles. The van der Waals surface area contributed by atoms with Crippen molar-refractivity contribution in [3.8, 4) is 23.8 Å². The molecule has 5 nitrogen and oxygen atoms in total. The predicted molar refractivity (Wildman–Crippen MR) is 99.0 cm³/mol. The highest BCUT2D eigenvalue weighted by molar-refractivity contribution is 6.31. The second-order valence-electron chi connectivity index (χ2n) is 5.37. The van der Waals surface area contributed by atoms with Crippen LogP contribution in [0.2, 0.25) is 0 Å². The Bertz CT molecular complexity index is 907. The van der Waals surface area contributed by atoms with Gasteiger partial charge in [0, 0.05) is 5.56 Å². The smallest absolute Gasteiger partial charge is 0.368 e. The first-order valence-corrected chi connectivity index (χ1v) is 8.13. The summed E-state index contributed by atoms with van der Waals surface area (Å²) in [5, 5.41) is 3.90. The largest absolute Gasteiger partial charge is 0.490 e. The average Bonchev–Trinajstić information content (AvgIpc) is 3.02. The molecule has 1 aliphatic rings. The van der Waals surface area contributed by atoms with Crippen LogP contribution in [-0.2, 0) is 9.63 Å². The molecule has 2 aromatic rings. The van der Waals surface area contributed by atoms with E-state index in [-0.39, 0.29) is 6.61 Å². The fourth-order valence-electron chi connectivity index (χ4n) is 2.50. The first-order valence-electron chi connectivity index (χ1n) is 8.13. The molecule has 0 aromatic heterocycles. The molecule has 0 fully saturated rings. The summed E-state index contributed by atoms with van der Waals surface area (Å²) in [6.45, 7) is 2.51. The van der Waals surface area contributed by atoms with E-state index < -0.39 is 5.97 Å². The summed E-state index contributed by atoms with van der Waals surface area (Å²) in [7, 11) is 0. The number of hydrogen-bond acceptors (Lipinski definition) is 5. The summed E-state index contributed by atoms with van der Waals surface area (Å²) < 4.78 is 11.1. The van der Waals surface area contributed by atoms with Crippen molar-refractivity contribution in [3.05, 3.63) is 65.2 Å². The lowest BCUT2D eigenvalue weighted by atomic mass is 10.0. The van der Waals surface area contributed by atoms with Gasteiger partial charge in [-0.2, -0.15) is 0 Å². The molecule has 0 atom stereocenters. The maximum atomic E-state index is 12.1. The zero-order valence-electron chi connectivity index (χ0n) is 14.3. The van der Waals surface area contributed by atoms with Crippen LogP contribution in [-0.4, -0.2) is 24.9 Å². The molecule has 0 bridgehead atoms. The maximum Gasteiger partial charge on any atom is 0.368 e. The summed E-state index contributed by atoms with van der Waals surface area (Å²) in [5.74, 6) is 3.04. The highest BCUT2D eigenvalue weighted by Crippen LogP contribution is 2.30. The lowest BCUT2D eigenvalue weighted by molar-refractivity contribution is -0.136. The highest BCUT2D eigenvalue weighted by atomic mass is 16.7. The second-order valence-corrected chi connectivity index (χ2v) is 5.37. The fraction of sp³-hybridized carbons (Fsp3) is 0.143. The molecule has 1 aliphatic heterocycles. The molecule has 0 aliphatic carbocycles. The third-order valence-electron chi connectivity index (χ3n) is 3.63. The number of rotatable bonds is 6. The van der Waals surface area contributed by atoms with Gasteiger partial charge in [-0.15, -0.1) is 6.42 Å². The van der Waals surface area contributed by atoms with Gasteiger partial charge in [0.25, 0.3) is 0 Å². The SMILES string of the molecule is C#CCOc1ccc(/C=C2\C(=O)ON=C2c2ccccc2)cc1OCC. The van der Waals surface area contributed by atoms with Crippen LogP contribution in [0.3, 0.4) is 0 Å². The van der Waals surface area contributed by atoms with E-state index in [9.17, 15) is 4.79 Å². The van der Waals surface area contributed by atoms with Crippen LogP contribution < -0.4 is 9.47 Å². The van der Waals surface area contributed by atoms with Crippen LogP contribution in [0, 0.1) is 12.3 Å². The molecule has 0 unspecified atom stereocenters. The van der Waals surface area contributed by atoms with Crippen LogP contribution in [0.1, 0.15) is 18.1 Å². The average molecular weight is 347 g/mol. The van der Waals surface area contributed by atoms with Crippen LogP contribution >= 0.6 is 0 Å². The molecular weight excluding hydrogens is 330 g/mol. The quantitative estimate of drug-likeness (QED) is 0.456. The van der Waals surface area contributed by atoms with Crippen LogP contribution in [0.15, 0.2) is 59.3 Å². The van der Waals surface area contributed by atoms with E-state index >= 15 is 0 Å². The Balaban J connectivity index is 1.95. The molecule has 0 amide bonds. The highest BCUT2D eigenvalue weighted by Gasteiger charge is 2.26. The van der Waals surface area contributed by atoms with Gasteiger partial charge in [0.15, 0.2) is 11.5 Å². The summed E-state index contributed by atoms with van der Waals surface area (Å²) >= 11 is 0. The summed E-state index contributed by atoms with van der Waals surface area (Å²) in [6.07, 6.45) is 6.95. The molecule has 130 valence electrons. The van der Waals surface area contributed by atoms with E-state index in [1.54, 1.807) is 18.2 Å². The van der Waals surface area contributed by atoms with Gasteiger partial charge in [0.1, 0.15) is 12.3 Å². The van der Waals surface area contributed by atoms with E-state index in [1.807, 2.05) is 43.3 Å². The number of terminal acetylenes is 1. The van der Waals surface area contributed by atoms with Crippen molar-refractivity contribution in [3.63, 3.8) is 0 Å². The van der Waals surface area contributed by atoms with Gasteiger partial charge in [-0.3, -0.25) is 0 Å². The Morgan fingerprint density at radius 3 is 2.69 bits per heavy atom. The number of carbonyl (C=O) groups is 1. The normalized spacial score (nSPS) is 14.5. The summed E-state index contributed by atoms with van der Waals surface area (Å²) in [5.41, 5.74) is 2.46. The number of benzene rings is 2. The molecular formula is C21H17NO4. The lowest BCUT2D eigenvalue weighted by Crippen LogP contribution is -2.06. The van der Waals surface area contributed by atoms with Crippen molar-refractivity contribution in [1.29, 1.82) is 0 Å². The number of ether oxygens (including phenoxy) is 2. The zero-order valence-corrected chi connectivity index (χ0v) is 14.3. The van der Waals surface area contributed by atoms with Crippen molar-refractivity contribution in [2.24, 2.45) is 5.16 Å². The Morgan fingerprint density at radius 1 is 1.15 bits per heavy atom. The monoisotopic (exact) mass is 347 g/mol. The third kappa shape index (κ3) is 3.76. The first kappa shape index (κ1) is 17.3. The van der Waals surface area contributed by atoms with Gasteiger partial charge in [-0.05, 0) is 30.7 Å². The first-order chi connectivity index (χ1) is 12.7. The summed E-state index contributed by atoms with van der Waals surface area (Å²) in [4.78, 5) is 17.0. The van der Waals surface area contributed by atoms with Crippen molar-refractivity contribution < 1.29 is 19.1 Å². The van der Waals surface area contributed by atoms with E-state index in [4.69, 9.17) is 20.7 Å². The number of carbonyl (C=O) groups excluding carboxylic acids is 1. The van der Waals surface area contributed by atoms with E-state index in [2.05, 4.69) is 11.1 Å². The predicted octanol–water partition coefficient (Wildman–Crippen LogP) is 3.44. The number of nitrogens with zero attached hydrogens (tertiary/aromatic N) is 1. The minimum Gasteiger partial charge on any atom is -0.490 e. The Kier molecular flexibility index (Phi) is 5.35. The van der Waals surface area contributed by atoms with Crippen LogP contribution in [0.4, 0.5) is 0 Å². The van der Waals surface area contributed by atoms with Gasteiger partial charge >= 0.3 is 5.97 Å². The third-order valence-corrected chi connectivity index (χ3v) is 3.63. The van der Waals surface area contributed by atoms with Gasteiger partial charge in [0.2, 0.25) is 0 Å². The number of oxime groups is 1. The van der Waals surface area contributed by atoms with Gasteiger partial charge in [-0.25, -0.2) is 4.79 Å². The fourth-order valence-corrected chi connectivity index (χ4v) is 2.50. The van der Waals surface area contributed by atoms with Crippen molar-refractivity contribution in [2.75, 3.05) is 13.2 Å². The summed E-state index contributed by atoms with van der Waals surface area (Å²) in [6, 6.07) is 14.8. The molecule has 26 heavy (non-hydrogen) atoms. The van der Waals surface area contributed by atoms with Crippen molar-refractivity contribution in [1.82, 2.24) is 0 Å². The van der Waals surface area contributed by atoms with Crippen molar-refractivity contribution >= 4 is 17.8 Å². The molecule has 0 spiro atoms. The maximum absolute atomic E-state index is 12.1. The molecule has 0 radical (unpaired) electrons. The van der Waals surface area contributed by atoms with Crippen LogP contribution in [0.25, 0.3) is 6.08 Å². The molecule has 5 heteroatoms. The standard InChI is InChI=1S/C21H17NO4/c1-3-12-25-18-11-10-15(14-19(18)24-4-2)13-17-20(22-26-21(17)23)16-8-6-5-7-9-16/h1,5-11,13-14H,4,12H2,2H3/b17-13-. The molecule has 0 N–H and O–H groups in total. The van der Waals surface area contributed by atoms with Gasteiger partial charge in [0.05, 0.1) is 12.2 Å². The molecule has 3 rings (SSSR count). The molecule has 0 saturated heterocycles. The lowest BCUT2D eigenvalue weighted by Gasteiger charge is -2.11. The second kappa shape index (κ2) is 8.04. The van der Waals surface area contributed by atoms with E-state index in [0.29, 0.717) is 29.4 Å². The minimum absolute atomic E-state index is 0.150. The molecule has 2 aromatic carbocycles. The Hall–Kier alpha value is -3.52. The Morgan fingerprint density at radius 2 is 1.96 bits per heavy atom. The molecule has 1 heterocycles. The van der Waals surface area contributed by atoms with Crippen molar-refractivity contribution in [2.45, 2.75) is 6.92 Å².